The molecule has 0 aliphatic heterocycles. The Morgan fingerprint density at radius 1 is 0.167 bits per heavy atom. The number of carbonyl (C=O) groups excluding carboxylic acids is 4. The van der Waals surface area contributed by atoms with Crippen molar-refractivity contribution in [3.05, 3.63) is 311 Å². The van der Waals surface area contributed by atoms with Crippen LogP contribution in [0.15, 0.2) is 267 Å². The normalized spacial score (nSPS) is 10.4. The predicted molar refractivity (Wildman–Crippen MR) is 278 cm³/mol. The van der Waals surface area contributed by atoms with Crippen molar-refractivity contribution >= 4 is 23.1 Å². The summed E-state index contributed by atoms with van der Waals surface area (Å²) < 4.78 is 23.1. The smallest absolute Gasteiger partial charge is 0.193 e. The van der Waals surface area contributed by atoms with Crippen LogP contribution < -0.4 is 18.9 Å². The van der Waals surface area contributed by atoms with E-state index < -0.39 is 0 Å². The van der Waals surface area contributed by atoms with Gasteiger partial charge < -0.3 is 18.9 Å². The van der Waals surface area contributed by atoms with Crippen LogP contribution in [-0.4, -0.2) is 23.1 Å². The van der Waals surface area contributed by atoms with Crippen molar-refractivity contribution in [3.63, 3.8) is 0 Å². The summed E-state index contributed by atoms with van der Waals surface area (Å²) in [6.07, 6.45) is 0. The molecule has 8 nitrogen and oxygen atoms in total. The lowest BCUT2D eigenvalue weighted by Gasteiger charge is -2.08. The van der Waals surface area contributed by atoms with Crippen LogP contribution in [0.25, 0.3) is 0 Å². The molecule has 72 heavy (non-hydrogen) atoms. The average molecular weight is 941 g/mol. The molecule has 0 amide bonds. The Morgan fingerprint density at radius 3 is 0.444 bits per heavy atom. The number of para-hydroxylation sites is 4. The molecule has 0 spiro atoms. The minimum atomic E-state index is -0.123. The third-order valence-electron chi connectivity index (χ3n) is 11.2. The summed E-state index contributed by atoms with van der Waals surface area (Å²) in [4.78, 5) is 51.7. The largest absolute Gasteiger partial charge is 0.457 e. The summed E-state index contributed by atoms with van der Waals surface area (Å²) in [5, 5.41) is 0. The quantitative estimate of drug-likeness (QED) is 0.0882. The van der Waals surface area contributed by atoms with Crippen LogP contribution >= 0.6 is 0 Å². The first-order chi connectivity index (χ1) is 35.3. The molecule has 0 saturated carbocycles. The van der Waals surface area contributed by atoms with Crippen LogP contribution in [0.3, 0.4) is 0 Å². The summed E-state index contributed by atoms with van der Waals surface area (Å²) in [6.45, 7) is 0. The van der Waals surface area contributed by atoms with Gasteiger partial charge in [0.1, 0.15) is 46.0 Å². The van der Waals surface area contributed by atoms with Gasteiger partial charge in [-0.3, -0.25) is 19.2 Å². The van der Waals surface area contributed by atoms with E-state index in [9.17, 15) is 19.2 Å². The lowest BCUT2D eigenvalue weighted by molar-refractivity contribution is 0.102. The molecule has 348 valence electrons. The lowest BCUT2D eigenvalue weighted by atomic mass is 9.98. The number of rotatable bonds is 16. The molecule has 10 aromatic carbocycles. The van der Waals surface area contributed by atoms with Gasteiger partial charge in [0.05, 0.1) is 0 Å². The fourth-order valence-electron chi connectivity index (χ4n) is 7.41. The fourth-order valence-corrected chi connectivity index (χ4v) is 7.41. The van der Waals surface area contributed by atoms with Crippen molar-refractivity contribution in [1.29, 1.82) is 0 Å². The van der Waals surface area contributed by atoms with E-state index in [2.05, 4.69) is 0 Å². The maximum absolute atomic E-state index is 12.9. The molecule has 0 radical (unpaired) electrons. The second kappa shape index (κ2) is 22.9. The van der Waals surface area contributed by atoms with Gasteiger partial charge in [-0.05, 0) is 146 Å². The summed E-state index contributed by atoms with van der Waals surface area (Å²) >= 11 is 0. The van der Waals surface area contributed by atoms with E-state index in [0.29, 0.717) is 67.5 Å². The molecule has 8 heteroatoms. The molecule has 0 bridgehead atoms. The number of hydrogen-bond acceptors (Lipinski definition) is 8. The van der Waals surface area contributed by atoms with Gasteiger partial charge in [-0.1, -0.05) is 121 Å². The standard InChI is InChI=1S/2C32H22O4/c2*33-31(25-15-19-29(20-16-25)35-27-7-3-1-4-8-27)23-11-13-24(14-12-23)32(34)26-17-21-30(22-18-26)36-28-9-5-2-6-10-28/h2*1-22H. The second-order valence-electron chi connectivity index (χ2n) is 16.2. The highest BCUT2D eigenvalue weighted by molar-refractivity contribution is 6.13. The van der Waals surface area contributed by atoms with E-state index >= 15 is 0 Å². The van der Waals surface area contributed by atoms with Crippen molar-refractivity contribution in [2.24, 2.45) is 0 Å². The fraction of sp³-hybridized carbons (Fsp3) is 0. The molecule has 0 aromatic heterocycles. The van der Waals surface area contributed by atoms with Crippen molar-refractivity contribution in [2.75, 3.05) is 0 Å². The maximum atomic E-state index is 12.9. The molecule has 0 aliphatic rings. The predicted octanol–water partition coefficient (Wildman–Crippen LogP) is 15.5. The Bertz CT molecular complexity index is 2910. The lowest BCUT2D eigenvalue weighted by Crippen LogP contribution is -2.04. The second-order valence-corrected chi connectivity index (χ2v) is 16.2. The van der Waals surface area contributed by atoms with E-state index in [1.165, 1.54) is 0 Å². The average Bonchev–Trinajstić information content (AvgIpc) is 3.44. The number of ketones is 4. The van der Waals surface area contributed by atoms with E-state index in [1.54, 1.807) is 146 Å². The summed E-state index contributed by atoms with van der Waals surface area (Å²) in [7, 11) is 0. The van der Waals surface area contributed by atoms with E-state index in [0.717, 1.165) is 23.0 Å². The zero-order valence-corrected chi connectivity index (χ0v) is 38.7. The Kier molecular flexibility index (Phi) is 15.0. The molecule has 0 fully saturated rings. The first kappa shape index (κ1) is 47.2. The van der Waals surface area contributed by atoms with Gasteiger partial charge in [-0.15, -0.1) is 0 Å². The van der Waals surface area contributed by atoms with E-state index in [1.807, 2.05) is 121 Å². The molecule has 0 heterocycles. The Hall–Kier alpha value is -9.92. The molecule has 10 aromatic rings. The first-order valence-corrected chi connectivity index (χ1v) is 23.0. The minimum absolute atomic E-state index is 0.123. The zero-order valence-electron chi connectivity index (χ0n) is 38.7. The van der Waals surface area contributed by atoms with Crippen LogP contribution in [0.5, 0.6) is 46.0 Å². The molecule has 0 saturated heterocycles. The molecule has 0 atom stereocenters. The highest BCUT2D eigenvalue weighted by Gasteiger charge is 2.15. The molecule has 0 N–H and O–H groups in total. The molecule has 0 aliphatic carbocycles. The topological polar surface area (TPSA) is 105 Å². The van der Waals surface area contributed by atoms with Gasteiger partial charge in [0, 0.05) is 44.5 Å². The molecule has 10 rings (SSSR count). The monoisotopic (exact) mass is 940 g/mol. The molecule has 0 unspecified atom stereocenters. The van der Waals surface area contributed by atoms with Crippen molar-refractivity contribution < 1.29 is 38.1 Å². The van der Waals surface area contributed by atoms with Gasteiger partial charge in [0.25, 0.3) is 0 Å². The van der Waals surface area contributed by atoms with Gasteiger partial charge in [0.2, 0.25) is 0 Å². The number of carbonyl (C=O) groups is 4. The highest BCUT2D eigenvalue weighted by atomic mass is 16.5. The van der Waals surface area contributed by atoms with Gasteiger partial charge >= 0.3 is 0 Å². The van der Waals surface area contributed by atoms with Crippen molar-refractivity contribution in [1.82, 2.24) is 0 Å². The van der Waals surface area contributed by atoms with Crippen molar-refractivity contribution in [3.8, 4) is 46.0 Å². The summed E-state index contributed by atoms with van der Waals surface area (Å²) in [5.41, 5.74) is 4.22. The van der Waals surface area contributed by atoms with E-state index in [4.69, 9.17) is 18.9 Å². The summed E-state index contributed by atoms with van der Waals surface area (Å²) in [6, 6.07) is 79.3. The van der Waals surface area contributed by atoms with Crippen LogP contribution in [-0.2, 0) is 0 Å². The van der Waals surface area contributed by atoms with Crippen LogP contribution in [0, 0.1) is 0 Å². The Labute approximate surface area is 417 Å². The minimum Gasteiger partial charge on any atom is -0.457 e. The van der Waals surface area contributed by atoms with E-state index in [-0.39, 0.29) is 23.1 Å². The number of benzene rings is 10. The van der Waals surface area contributed by atoms with Gasteiger partial charge in [0.15, 0.2) is 23.1 Å². The highest BCUT2D eigenvalue weighted by Crippen LogP contribution is 2.27. The number of ether oxygens (including phenoxy) is 4. The van der Waals surface area contributed by atoms with Crippen molar-refractivity contribution in [2.45, 2.75) is 0 Å². The zero-order chi connectivity index (χ0) is 49.5. The van der Waals surface area contributed by atoms with Crippen LogP contribution in [0.1, 0.15) is 63.7 Å². The Balaban J connectivity index is 0.000000178. The summed E-state index contributed by atoms with van der Waals surface area (Å²) in [5.74, 6) is 5.04. The van der Waals surface area contributed by atoms with Crippen LogP contribution in [0.4, 0.5) is 0 Å². The maximum Gasteiger partial charge on any atom is 0.193 e. The Morgan fingerprint density at radius 2 is 0.292 bits per heavy atom. The number of hydrogen-bond donors (Lipinski definition) is 0. The SMILES string of the molecule is O=C(c1ccc(Oc2ccccc2)cc1)c1ccc(C(=O)c2ccc(Oc3ccccc3)cc2)cc1.O=C(c1ccc(Oc2ccccc2)cc1)c1ccc(C(=O)c2ccc(Oc3ccccc3)cc2)cc1. The molecular weight excluding hydrogens is 897 g/mol. The first-order valence-electron chi connectivity index (χ1n) is 23.0. The van der Waals surface area contributed by atoms with Gasteiger partial charge in [-0.2, -0.15) is 0 Å². The van der Waals surface area contributed by atoms with Gasteiger partial charge in [-0.25, -0.2) is 0 Å². The third kappa shape index (κ3) is 12.4. The molecular formula is C64H44O8. The van der Waals surface area contributed by atoms with Crippen LogP contribution in [0.2, 0.25) is 0 Å². The third-order valence-corrected chi connectivity index (χ3v) is 11.2.